The van der Waals surface area contributed by atoms with E-state index in [4.69, 9.17) is 0 Å². The van der Waals surface area contributed by atoms with Gasteiger partial charge in [0, 0.05) is 30.9 Å². The topological polar surface area (TPSA) is 53.1 Å². The fraction of sp³-hybridized carbons (Fsp3) is 0.733. The van der Waals surface area contributed by atoms with Gasteiger partial charge in [-0.1, -0.05) is 6.42 Å². The van der Waals surface area contributed by atoms with Crippen molar-refractivity contribution in [3.63, 3.8) is 0 Å². The molecule has 20 heavy (non-hydrogen) atoms. The predicted molar refractivity (Wildman–Crippen MR) is 84.3 cm³/mol. The molecule has 1 aromatic heterocycles. The summed E-state index contributed by atoms with van der Waals surface area (Å²) in [7, 11) is 0. The van der Waals surface area contributed by atoms with E-state index >= 15 is 0 Å². The number of aryl methyl sites for hydroxylation is 1. The van der Waals surface area contributed by atoms with Crippen molar-refractivity contribution in [1.29, 1.82) is 0 Å². The number of hydrogen-bond acceptors (Lipinski definition) is 5. The Morgan fingerprint density at radius 2 is 2.05 bits per heavy atom. The number of aromatic nitrogens is 2. The molecule has 1 unspecified atom stereocenters. The summed E-state index contributed by atoms with van der Waals surface area (Å²) in [4.78, 5) is 11.4. The molecule has 0 spiro atoms. The normalized spacial score (nSPS) is 17.8. The van der Waals surface area contributed by atoms with Gasteiger partial charge in [0.1, 0.15) is 5.82 Å². The van der Waals surface area contributed by atoms with Crippen LogP contribution in [0.4, 0.5) is 11.8 Å². The molecule has 0 saturated carbocycles. The Morgan fingerprint density at radius 1 is 1.30 bits per heavy atom. The Kier molecular flexibility index (Phi) is 5.59. The summed E-state index contributed by atoms with van der Waals surface area (Å²) in [6, 6.07) is 0.399. The summed E-state index contributed by atoms with van der Waals surface area (Å²) < 4.78 is 0. The minimum absolute atomic E-state index is 0.399. The van der Waals surface area contributed by atoms with Gasteiger partial charge in [-0.05, 0) is 46.7 Å². The quantitative estimate of drug-likeness (QED) is 0.837. The molecule has 2 heterocycles. The number of rotatable bonds is 6. The molecule has 1 atom stereocenters. The summed E-state index contributed by atoms with van der Waals surface area (Å²) in [6.07, 6.45) is 5.93. The van der Waals surface area contributed by atoms with Gasteiger partial charge in [0.15, 0.2) is 0 Å². The van der Waals surface area contributed by atoms with Crippen LogP contribution in [0, 0.1) is 6.92 Å². The van der Waals surface area contributed by atoms with Crippen molar-refractivity contribution in [2.45, 2.75) is 46.1 Å². The third-order valence-electron chi connectivity index (χ3n) is 3.67. The van der Waals surface area contributed by atoms with Crippen molar-refractivity contribution < 1.29 is 0 Å². The van der Waals surface area contributed by atoms with Crippen LogP contribution in [0.2, 0.25) is 0 Å². The van der Waals surface area contributed by atoms with Crippen LogP contribution in [0.1, 0.15) is 38.7 Å². The van der Waals surface area contributed by atoms with Crippen molar-refractivity contribution in [2.75, 3.05) is 36.8 Å². The fourth-order valence-corrected chi connectivity index (χ4v) is 2.64. The standard InChI is InChI=1S/C15H27N5/c1-4-16-15-17-10-12(2)14(19-15)18-13(3)11-20-8-6-5-7-9-20/h10,13H,4-9,11H2,1-3H3,(H2,16,17,18,19). The molecule has 1 aliphatic heterocycles. The highest BCUT2D eigenvalue weighted by Crippen LogP contribution is 2.15. The third-order valence-corrected chi connectivity index (χ3v) is 3.67. The van der Waals surface area contributed by atoms with Crippen molar-refractivity contribution in [1.82, 2.24) is 14.9 Å². The molecule has 5 nitrogen and oxygen atoms in total. The maximum Gasteiger partial charge on any atom is 0.224 e. The lowest BCUT2D eigenvalue weighted by Crippen LogP contribution is -2.38. The maximum absolute atomic E-state index is 4.54. The van der Waals surface area contributed by atoms with Crippen molar-refractivity contribution in [3.8, 4) is 0 Å². The van der Waals surface area contributed by atoms with Crippen LogP contribution >= 0.6 is 0 Å². The third kappa shape index (κ3) is 4.34. The molecule has 1 aromatic rings. The van der Waals surface area contributed by atoms with Gasteiger partial charge in [-0.15, -0.1) is 0 Å². The van der Waals surface area contributed by atoms with E-state index in [-0.39, 0.29) is 0 Å². The molecule has 0 aliphatic carbocycles. The molecular formula is C15H27N5. The first kappa shape index (κ1) is 15.0. The summed E-state index contributed by atoms with van der Waals surface area (Å²) >= 11 is 0. The van der Waals surface area contributed by atoms with Gasteiger partial charge in [0.05, 0.1) is 0 Å². The van der Waals surface area contributed by atoms with E-state index in [1.54, 1.807) is 0 Å². The Labute approximate surface area is 122 Å². The number of anilines is 2. The molecule has 0 bridgehead atoms. The summed E-state index contributed by atoms with van der Waals surface area (Å²) in [5, 5.41) is 6.68. The smallest absolute Gasteiger partial charge is 0.224 e. The molecule has 1 aliphatic rings. The fourth-order valence-electron chi connectivity index (χ4n) is 2.64. The molecule has 112 valence electrons. The average molecular weight is 277 g/mol. The van der Waals surface area contributed by atoms with E-state index in [2.05, 4.69) is 39.3 Å². The van der Waals surface area contributed by atoms with Crippen LogP contribution in [0.15, 0.2) is 6.20 Å². The molecule has 1 fully saturated rings. The highest BCUT2D eigenvalue weighted by Gasteiger charge is 2.14. The molecule has 0 amide bonds. The van der Waals surface area contributed by atoms with E-state index in [1.807, 2.05) is 13.1 Å². The highest BCUT2D eigenvalue weighted by molar-refractivity contribution is 5.47. The van der Waals surface area contributed by atoms with Crippen molar-refractivity contribution >= 4 is 11.8 Å². The van der Waals surface area contributed by atoms with Crippen LogP contribution in [-0.2, 0) is 0 Å². The molecule has 2 rings (SSSR count). The Balaban J connectivity index is 1.92. The number of piperidine rings is 1. The van der Waals surface area contributed by atoms with Gasteiger partial charge in [0.2, 0.25) is 5.95 Å². The largest absolute Gasteiger partial charge is 0.366 e. The van der Waals surface area contributed by atoms with Crippen LogP contribution in [-0.4, -0.2) is 47.1 Å². The Morgan fingerprint density at radius 3 is 2.75 bits per heavy atom. The second-order valence-corrected chi connectivity index (χ2v) is 5.66. The zero-order chi connectivity index (χ0) is 14.4. The summed E-state index contributed by atoms with van der Waals surface area (Å²) in [5.74, 6) is 1.64. The van der Waals surface area contributed by atoms with Gasteiger partial charge >= 0.3 is 0 Å². The molecular weight excluding hydrogens is 250 g/mol. The zero-order valence-electron chi connectivity index (χ0n) is 12.9. The van der Waals surface area contributed by atoms with Gasteiger partial charge in [-0.3, -0.25) is 0 Å². The van der Waals surface area contributed by atoms with E-state index in [1.165, 1.54) is 32.4 Å². The second-order valence-electron chi connectivity index (χ2n) is 5.66. The van der Waals surface area contributed by atoms with E-state index in [0.29, 0.717) is 12.0 Å². The minimum Gasteiger partial charge on any atom is -0.366 e. The Hall–Kier alpha value is -1.36. The second kappa shape index (κ2) is 7.43. The average Bonchev–Trinajstić information content (AvgIpc) is 2.44. The van der Waals surface area contributed by atoms with Crippen LogP contribution in [0.3, 0.4) is 0 Å². The first-order valence-electron chi connectivity index (χ1n) is 7.75. The summed E-state index contributed by atoms with van der Waals surface area (Å²) in [6.45, 7) is 10.7. The van der Waals surface area contributed by atoms with Crippen LogP contribution in [0.25, 0.3) is 0 Å². The van der Waals surface area contributed by atoms with Crippen molar-refractivity contribution in [3.05, 3.63) is 11.8 Å². The molecule has 0 radical (unpaired) electrons. The number of nitrogens with zero attached hydrogens (tertiary/aromatic N) is 3. The maximum atomic E-state index is 4.54. The van der Waals surface area contributed by atoms with E-state index in [9.17, 15) is 0 Å². The molecule has 5 heteroatoms. The van der Waals surface area contributed by atoms with Gasteiger partial charge in [0.25, 0.3) is 0 Å². The number of hydrogen-bond donors (Lipinski definition) is 2. The van der Waals surface area contributed by atoms with Crippen LogP contribution < -0.4 is 10.6 Å². The van der Waals surface area contributed by atoms with Gasteiger partial charge in [-0.2, -0.15) is 4.98 Å². The van der Waals surface area contributed by atoms with E-state index in [0.717, 1.165) is 24.5 Å². The lowest BCUT2D eigenvalue weighted by atomic mass is 10.1. The highest BCUT2D eigenvalue weighted by atomic mass is 15.2. The SMILES string of the molecule is CCNc1ncc(C)c(NC(C)CN2CCCCC2)n1. The molecule has 1 saturated heterocycles. The number of nitrogens with one attached hydrogen (secondary N) is 2. The first-order valence-corrected chi connectivity index (χ1v) is 7.75. The zero-order valence-corrected chi connectivity index (χ0v) is 12.9. The number of likely N-dealkylation sites (tertiary alicyclic amines) is 1. The Bertz CT molecular complexity index is 415. The van der Waals surface area contributed by atoms with Crippen molar-refractivity contribution in [2.24, 2.45) is 0 Å². The lowest BCUT2D eigenvalue weighted by molar-refractivity contribution is 0.223. The molecule has 2 N–H and O–H groups in total. The lowest BCUT2D eigenvalue weighted by Gasteiger charge is -2.29. The minimum atomic E-state index is 0.399. The monoisotopic (exact) mass is 277 g/mol. The summed E-state index contributed by atoms with van der Waals surface area (Å²) in [5.41, 5.74) is 1.09. The van der Waals surface area contributed by atoms with Crippen LogP contribution in [0.5, 0.6) is 0 Å². The first-order chi connectivity index (χ1) is 9.69. The van der Waals surface area contributed by atoms with Gasteiger partial charge < -0.3 is 15.5 Å². The van der Waals surface area contributed by atoms with E-state index < -0.39 is 0 Å². The van der Waals surface area contributed by atoms with Gasteiger partial charge in [-0.25, -0.2) is 4.98 Å². The predicted octanol–water partition coefficient (Wildman–Crippen LogP) is 2.50. The molecule has 0 aromatic carbocycles.